The molecule has 0 heterocycles. The fourth-order valence-electron chi connectivity index (χ4n) is 1.57. The zero-order valence-corrected chi connectivity index (χ0v) is 10.5. The van der Waals surface area contributed by atoms with Crippen LogP contribution in [0, 0.1) is 6.07 Å². The highest BCUT2D eigenvalue weighted by Crippen LogP contribution is 2.26. The second-order valence-electron chi connectivity index (χ2n) is 3.71. The molecule has 0 atom stereocenters. The monoisotopic (exact) mass is 243 g/mol. The largest absolute Gasteiger partial charge is 0.497 e. The van der Waals surface area contributed by atoms with E-state index in [4.69, 9.17) is 14.2 Å². The van der Waals surface area contributed by atoms with E-state index in [9.17, 15) is 0 Å². The first-order valence-electron chi connectivity index (χ1n) is 5.63. The average molecular weight is 243 g/mol. The first-order chi connectivity index (χ1) is 8.83. The molecule has 0 aliphatic carbocycles. The van der Waals surface area contributed by atoms with E-state index in [2.05, 4.69) is 6.07 Å². The Balaban J connectivity index is 2.02. The summed E-state index contributed by atoms with van der Waals surface area (Å²) in [5.74, 6) is 2.24. The minimum absolute atomic E-state index is 0.484. The third-order valence-electron chi connectivity index (χ3n) is 2.56. The van der Waals surface area contributed by atoms with Gasteiger partial charge in [-0.2, -0.15) is 0 Å². The Morgan fingerprint density at radius 3 is 2.39 bits per heavy atom. The fraction of sp³-hybridized carbons (Fsp3) is 0.200. The minimum Gasteiger partial charge on any atom is -0.497 e. The Morgan fingerprint density at radius 1 is 0.944 bits per heavy atom. The van der Waals surface area contributed by atoms with Crippen LogP contribution in [0.15, 0.2) is 42.5 Å². The predicted molar refractivity (Wildman–Crippen MR) is 69.2 cm³/mol. The lowest BCUT2D eigenvalue weighted by Crippen LogP contribution is -1.97. The summed E-state index contributed by atoms with van der Waals surface area (Å²) in [7, 11) is 3.27. The van der Waals surface area contributed by atoms with Crippen LogP contribution in [0.5, 0.6) is 17.2 Å². The van der Waals surface area contributed by atoms with Crippen molar-refractivity contribution in [3.8, 4) is 17.2 Å². The van der Waals surface area contributed by atoms with Crippen LogP contribution in [-0.2, 0) is 6.61 Å². The van der Waals surface area contributed by atoms with Gasteiger partial charge in [-0.3, -0.25) is 0 Å². The first-order valence-corrected chi connectivity index (χ1v) is 5.63. The van der Waals surface area contributed by atoms with Crippen LogP contribution in [0.3, 0.4) is 0 Å². The van der Waals surface area contributed by atoms with Gasteiger partial charge in [0.15, 0.2) is 11.5 Å². The maximum atomic E-state index is 5.69. The summed E-state index contributed by atoms with van der Waals surface area (Å²) in [6.45, 7) is 0.484. The van der Waals surface area contributed by atoms with Crippen molar-refractivity contribution >= 4 is 0 Å². The van der Waals surface area contributed by atoms with Gasteiger partial charge in [0, 0.05) is 0 Å². The molecule has 0 aliphatic heterocycles. The number of benzene rings is 2. The van der Waals surface area contributed by atoms with Crippen molar-refractivity contribution in [1.82, 2.24) is 0 Å². The Bertz CT molecular complexity index is 491. The predicted octanol–water partition coefficient (Wildman–Crippen LogP) is 3.08. The molecule has 0 fully saturated rings. The molecule has 3 heteroatoms. The van der Waals surface area contributed by atoms with E-state index in [1.165, 1.54) is 0 Å². The molecular formula is C15H15O3. The van der Waals surface area contributed by atoms with E-state index < -0.39 is 0 Å². The van der Waals surface area contributed by atoms with Gasteiger partial charge in [-0.15, -0.1) is 0 Å². The second-order valence-corrected chi connectivity index (χ2v) is 3.71. The lowest BCUT2D eigenvalue weighted by atomic mass is 10.2. The molecule has 0 aromatic heterocycles. The van der Waals surface area contributed by atoms with Gasteiger partial charge in [0.1, 0.15) is 12.4 Å². The third-order valence-corrected chi connectivity index (χ3v) is 2.56. The van der Waals surface area contributed by atoms with Crippen LogP contribution in [0.1, 0.15) is 5.56 Å². The molecule has 0 unspecified atom stereocenters. The van der Waals surface area contributed by atoms with Gasteiger partial charge in [-0.25, -0.2) is 0 Å². The summed E-state index contributed by atoms with van der Waals surface area (Å²) in [4.78, 5) is 0. The van der Waals surface area contributed by atoms with Crippen LogP contribution in [0.25, 0.3) is 0 Å². The van der Waals surface area contributed by atoms with Crippen LogP contribution in [-0.4, -0.2) is 14.2 Å². The standard InChI is InChI=1S/C15H15O3/c1-16-13-9-7-12(8-10-13)11-18-15-6-4-3-5-14(15)17-2/h3,5-10H,11H2,1-2H3. The van der Waals surface area contributed by atoms with Gasteiger partial charge >= 0.3 is 0 Å². The maximum Gasteiger partial charge on any atom is 0.162 e. The fourth-order valence-corrected chi connectivity index (χ4v) is 1.57. The topological polar surface area (TPSA) is 27.7 Å². The van der Waals surface area contributed by atoms with Gasteiger partial charge in [0.05, 0.1) is 14.2 Å². The average Bonchev–Trinajstić information content (AvgIpc) is 2.46. The second kappa shape index (κ2) is 5.96. The quantitative estimate of drug-likeness (QED) is 0.807. The van der Waals surface area contributed by atoms with Crippen molar-refractivity contribution in [2.24, 2.45) is 0 Å². The molecule has 0 amide bonds. The summed E-state index contributed by atoms with van der Waals surface area (Å²) in [6, 6.07) is 16.1. The maximum absolute atomic E-state index is 5.69. The lowest BCUT2D eigenvalue weighted by molar-refractivity contribution is 0.284. The Kier molecular flexibility index (Phi) is 4.07. The van der Waals surface area contributed by atoms with Crippen molar-refractivity contribution in [2.75, 3.05) is 14.2 Å². The summed E-state index contributed by atoms with van der Waals surface area (Å²) in [5, 5.41) is 0. The van der Waals surface area contributed by atoms with Gasteiger partial charge in [0.2, 0.25) is 0 Å². The Hall–Kier alpha value is -2.16. The number of rotatable bonds is 5. The molecule has 3 nitrogen and oxygen atoms in total. The first kappa shape index (κ1) is 12.3. The summed E-state index contributed by atoms with van der Waals surface area (Å²) >= 11 is 0. The molecule has 18 heavy (non-hydrogen) atoms. The van der Waals surface area contributed by atoms with E-state index in [1.807, 2.05) is 30.3 Å². The SMILES string of the molecule is COc1ccc(COc2c[c]ccc2OC)cc1. The van der Waals surface area contributed by atoms with E-state index in [1.54, 1.807) is 26.4 Å². The van der Waals surface area contributed by atoms with Crippen molar-refractivity contribution in [2.45, 2.75) is 6.61 Å². The van der Waals surface area contributed by atoms with Crippen LogP contribution >= 0.6 is 0 Å². The molecule has 0 spiro atoms. The molecule has 2 rings (SSSR count). The van der Waals surface area contributed by atoms with Crippen molar-refractivity contribution < 1.29 is 14.2 Å². The van der Waals surface area contributed by atoms with Gasteiger partial charge < -0.3 is 14.2 Å². The summed E-state index contributed by atoms with van der Waals surface area (Å²) < 4.78 is 16.0. The lowest BCUT2D eigenvalue weighted by Gasteiger charge is -2.10. The molecular weight excluding hydrogens is 228 g/mol. The van der Waals surface area contributed by atoms with Crippen molar-refractivity contribution in [3.05, 3.63) is 54.1 Å². The highest BCUT2D eigenvalue weighted by atomic mass is 16.5. The Morgan fingerprint density at radius 2 is 1.72 bits per heavy atom. The number of methoxy groups -OCH3 is 2. The molecule has 0 saturated carbocycles. The molecule has 0 saturated heterocycles. The van der Waals surface area contributed by atoms with Crippen LogP contribution < -0.4 is 14.2 Å². The van der Waals surface area contributed by atoms with Crippen molar-refractivity contribution in [3.63, 3.8) is 0 Å². The van der Waals surface area contributed by atoms with E-state index >= 15 is 0 Å². The molecule has 1 radical (unpaired) electrons. The molecule has 0 bridgehead atoms. The Labute approximate surface area is 107 Å². The minimum atomic E-state index is 0.484. The van der Waals surface area contributed by atoms with E-state index in [0.29, 0.717) is 18.1 Å². The highest BCUT2D eigenvalue weighted by Gasteiger charge is 2.03. The molecule has 0 N–H and O–H groups in total. The highest BCUT2D eigenvalue weighted by molar-refractivity contribution is 5.39. The molecule has 2 aromatic rings. The van der Waals surface area contributed by atoms with Crippen molar-refractivity contribution in [1.29, 1.82) is 0 Å². The normalized spacial score (nSPS) is 9.89. The van der Waals surface area contributed by atoms with Gasteiger partial charge in [-0.1, -0.05) is 18.2 Å². The summed E-state index contributed by atoms with van der Waals surface area (Å²) in [6.07, 6.45) is 0. The summed E-state index contributed by atoms with van der Waals surface area (Å²) in [5.41, 5.74) is 1.07. The van der Waals surface area contributed by atoms with Gasteiger partial charge in [0.25, 0.3) is 0 Å². The number of ether oxygens (including phenoxy) is 3. The van der Waals surface area contributed by atoms with E-state index in [0.717, 1.165) is 11.3 Å². The van der Waals surface area contributed by atoms with Crippen LogP contribution in [0.2, 0.25) is 0 Å². The number of hydrogen-bond acceptors (Lipinski definition) is 3. The third kappa shape index (κ3) is 2.94. The van der Waals surface area contributed by atoms with Gasteiger partial charge in [-0.05, 0) is 35.9 Å². The smallest absolute Gasteiger partial charge is 0.162 e. The van der Waals surface area contributed by atoms with E-state index in [-0.39, 0.29) is 0 Å². The van der Waals surface area contributed by atoms with Crippen LogP contribution in [0.4, 0.5) is 0 Å². The zero-order chi connectivity index (χ0) is 12.8. The number of hydrogen-bond donors (Lipinski definition) is 0. The molecule has 93 valence electrons. The molecule has 0 aliphatic rings. The molecule has 2 aromatic carbocycles. The zero-order valence-electron chi connectivity index (χ0n) is 10.5.